The third-order valence-electron chi connectivity index (χ3n) is 1.17. The van der Waals surface area contributed by atoms with E-state index in [1.807, 2.05) is 0 Å². The molecular weight excluding hydrogens is 171 g/mol. The van der Waals surface area contributed by atoms with Crippen molar-refractivity contribution in [1.29, 1.82) is 0 Å². The van der Waals surface area contributed by atoms with E-state index < -0.39 is 4.84 Å². The van der Waals surface area contributed by atoms with Crippen molar-refractivity contribution in [2.45, 2.75) is 4.84 Å². The van der Waals surface area contributed by atoms with E-state index in [9.17, 15) is 0 Å². The van der Waals surface area contributed by atoms with Crippen LogP contribution < -0.4 is 0 Å². The van der Waals surface area contributed by atoms with Gasteiger partial charge < -0.3 is 5.11 Å². The van der Waals surface area contributed by atoms with E-state index >= 15 is 0 Å². The molecule has 0 unspecified atom stereocenters. The van der Waals surface area contributed by atoms with Crippen molar-refractivity contribution in [3.63, 3.8) is 0 Å². The first-order valence-electron chi connectivity index (χ1n) is 2.78. The lowest BCUT2D eigenvalue weighted by Crippen LogP contribution is -1.80. The molecule has 0 heterocycles. The maximum atomic E-state index is 9.11. The lowest BCUT2D eigenvalue weighted by atomic mass is 10.2. The number of rotatable bonds is 1. The van der Waals surface area contributed by atoms with E-state index in [2.05, 4.69) is 0 Å². The summed E-state index contributed by atoms with van der Waals surface area (Å²) in [5, 5.41) is 9.11. The summed E-state index contributed by atoms with van der Waals surface area (Å²) >= 11 is 11.0. The fourth-order valence-corrected chi connectivity index (χ4v) is 1.04. The largest absolute Gasteiger partial charge is 0.508 e. The predicted molar refractivity (Wildman–Crippen MR) is 42.6 cm³/mol. The molecule has 0 fully saturated rings. The van der Waals surface area contributed by atoms with Crippen LogP contribution >= 0.6 is 23.2 Å². The number of hydrogen-bond donors (Lipinski definition) is 1. The monoisotopic (exact) mass is 176 g/mol. The van der Waals surface area contributed by atoms with Crippen molar-refractivity contribution >= 4 is 23.2 Å². The van der Waals surface area contributed by atoms with Gasteiger partial charge in [0.25, 0.3) is 0 Å². The molecule has 0 aliphatic heterocycles. The molecule has 0 aliphatic rings. The topological polar surface area (TPSA) is 20.2 Å². The van der Waals surface area contributed by atoms with Gasteiger partial charge in [-0.25, -0.2) is 0 Å². The van der Waals surface area contributed by atoms with Gasteiger partial charge in [-0.1, -0.05) is 41.4 Å². The van der Waals surface area contributed by atoms with Crippen molar-refractivity contribution in [3.05, 3.63) is 29.8 Å². The van der Waals surface area contributed by atoms with Gasteiger partial charge in [-0.2, -0.15) is 0 Å². The number of aromatic hydroxyl groups is 1. The highest BCUT2D eigenvalue weighted by molar-refractivity contribution is 6.44. The van der Waals surface area contributed by atoms with Crippen LogP contribution in [0.1, 0.15) is 10.4 Å². The summed E-state index contributed by atoms with van der Waals surface area (Å²) in [6, 6.07) is 6.72. The Hall–Kier alpha value is -0.400. The van der Waals surface area contributed by atoms with E-state index in [0.29, 0.717) is 5.56 Å². The van der Waals surface area contributed by atoms with E-state index in [1.165, 1.54) is 0 Å². The molecule has 1 nitrogen and oxygen atoms in total. The highest BCUT2D eigenvalue weighted by Crippen LogP contribution is 2.30. The molecule has 0 amide bonds. The molecule has 0 saturated heterocycles. The Balaban J connectivity index is 3.03. The van der Waals surface area contributed by atoms with E-state index in [1.54, 1.807) is 24.3 Å². The average Bonchev–Trinajstić information content (AvgIpc) is 1.88. The molecule has 3 heteroatoms. The highest BCUT2D eigenvalue weighted by Gasteiger charge is 2.06. The van der Waals surface area contributed by atoms with Gasteiger partial charge in [-0.3, -0.25) is 0 Å². The second kappa shape index (κ2) is 3.13. The van der Waals surface area contributed by atoms with Gasteiger partial charge in [0.2, 0.25) is 0 Å². The van der Waals surface area contributed by atoms with Crippen LogP contribution in [0.4, 0.5) is 0 Å². The first-order valence-corrected chi connectivity index (χ1v) is 3.65. The minimum Gasteiger partial charge on any atom is -0.508 e. The Kier molecular flexibility index (Phi) is 2.41. The normalized spacial score (nSPS) is 10.3. The summed E-state index contributed by atoms with van der Waals surface area (Å²) in [4.78, 5) is -0.652. The van der Waals surface area contributed by atoms with Crippen LogP contribution in [-0.2, 0) is 0 Å². The third-order valence-corrected chi connectivity index (χ3v) is 1.64. The first-order chi connectivity index (χ1) is 4.72. The molecule has 54 valence electrons. The van der Waals surface area contributed by atoms with Crippen molar-refractivity contribution in [3.8, 4) is 5.75 Å². The maximum Gasteiger partial charge on any atom is 0.136 e. The van der Waals surface area contributed by atoms with E-state index in [0.717, 1.165) is 0 Å². The lowest BCUT2D eigenvalue weighted by molar-refractivity contribution is 0.470. The molecule has 1 rings (SSSR count). The molecule has 0 aromatic heterocycles. The van der Waals surface area contributed by atoms with Crippen LogP contribution in [-0.4, -0.2) is 5.11 Å². The summed E-state index contributed by atoms with van der Waals surface area (Å²) in [5.41, 5.74) is 0.547. The molecule has 0 saturated carbocycles. The zero-order valence-electron chi connectivity index (χ0n) is 5.09. The van der Waals surface area contributed by atoms with E-state index in [4.69, 9.17) is 28.3 Å². The fourth-order valence-electron chi connectivity index (χ4n) is 0.672. The summed E-state index contributed by atoms with van der Waals surface area (Å²) < 4.78 is 0. The van der Waals surface area contributed by atoms with Gasteiger partial charge in [-0.05, 0) is 6.07 Å². The predicted octanol–water partition coefficient (Wildman–Crippen LogP) is 2.87. The second-order valence-electron chi connectivity index (χ2n) is 1.86. The molecule has 1 aromatic carbocycles. The summed E-state index contributed by atoms with van der Waals surface area (Å²) in [6.07, 6.45) is 0. The number of phenolic OH excluding ortho intramolecular Hbond substituents is 1. The molecule has 0 atom stereocenters. The van der Waals surface area contributed by atoms with Crippen LogP contribution in [0, 0.1) is 0 Å². The van der Waals surface area contributed by atoms with Crippen molar-refractivity contribution in [1.82, 2.24) is 0 Å². The quantitative estimate of drug-likeness (QED) is 0.653. The zero-order valence-corrected chi connectivity index (χ0v) is 6.60. The Morgan fingerprint density at radius 2 is 1.80 bits per heavy atom. The number of para-hydroxylation sites is 1. The standard InChI is InChI=1S/C7H6Cl2O/c8-7(9)5-3-1-2-4-6(5)10/h1-4,7,10H. The van der Waals surface area contributed by atoms with Gasteiger partial charge in [-0.15, -0.1) is 0 Å². The molecule has 0 bridgehead atoms. The smallest absolute Gasteiger partial charge is 0.136 e. The Morgan fingerprint density at radius 3 is 2.20 bits per heavy atom. The SMILES string of the molecule is Oc1ccccc1C(Cl)Cl. The van der Waals surface area contributed by atoms with Gasteiger partial charge >= 0.3 is 0 Å². The molecule has 1 N–H and O–H groups in total. The minimum atomic E-state index is -0.652. The lowest BCUT2D eigenvalue weighted by Gasteiger charge is -2.02. The zero-order chi connectivity index (χ0) is 7.56. The molecular formula is C7H6Cl2O. The van der Waals surface area contributed by atoms with Gasteiger partial charge in [0.05, 0.1) is 0 Å². The molecule has 0 spiro atoms. The first kappa shape index (κ1) is 7.70. The second-order valence-corrected chi connectivity index (χ2v) is 2.96. The summed E-state index contributed by atoms with van der Waals surface area (Å²) in [6.45, 7) is 0. The van der Waals surface area contributed by atoms with Crippen LogP contribution in [0.3, 0.4) is 0 Å². The molecule has 0 aliphatic carbocycles. The Bertz CT molecular complexity index is 223. The van der Waals surface area contributed by atoms with Crippen molar-refractivity contribution in [2.24, 2.45) is 0 Å². The third kappa shape index (κ3) is 1.55. The Morgan fingerprint density at radius 1 is 1.20 bits per heavy atom. The van der Waals surface area contributed by atoms with Crippen molar-refractivity contribution in [2.75, 3.05) is 0 Å². The highest BCUT2D eigenvalue weighted by atomic mass is 35.5. The van der Waals surface area contributed by atoms with Crippen LogP contribution in [0.15, 0.2) is 24.3 Å². The molecule has 0 radical (unpaired) electrons. The Labute approximate surface area is 69.2 Å². The number of benzene rings is 1. The average molecular weight is 177 g/mol. The van der Waals surface area contributed by atoms with Crippen LogP contribution in [0.2, 0.25) is 0 Å². The summed E-state index contributed by atoms with van der Waals surface area (Å²) in [5.74, 6) is 0.137. The van der Waals surface area contributed by atoms with Gasteiger partial charge in [0.15, 0.2) is 0 Å². The minimum absolute atomic E-state index is 0.137. The fraction of sp³-hybridized carbons (Fsp3) is 0.143. The number of halogens is 2. The number of hydrogen-bond acceptors (Lipinski definition) is 1. The van der Waals surface area contributed by atoms with Gasteiger partial charge in [0.1, 0.15) is 10.6 Å². The molecule has 10 heavy (non-hydrogen) atoms. The van der Waals surface area contributed by atoms with E-state index in [-0.39, 0.29) is 5.75 Å². The van der Waals surface area contributed by atoms with Crippen molar-refractivity contribution < 1.29 is 5.11 Å². The van der Waals surface area contributed by atoms with Gasteiger partial charge in [0, 0.05) is 5.56 Å². The number of alkyl halides is 2. The van der Waals surface area contributed by atoms with Crippen LogP contribution in [0.5, 0.6) is 5.75 Å². The molecule has 1 aromatic rings. The van der Waals surface area contributed by atoms with Crippen LogP contribution in [0.25, 0.3) is 0 Å². The number of phenols is 1. The summed E-state index contributed by atoms with van der Waals surface area (Å²) in [7, 11) is 0. The maximum absolute atomic E-state index is 9.11.